The summed E-state index contributed by atoms with van der Waals surface area (Å²) in [4.78, 5) is 0. The fourth-order valence-corrected chi connectivity index (χ4v) is 2.70. The minimum absolute atomic E-state index is 0. The average Bonchev–Trinajstić information content (AvgIpc) is 2.69. The van der Waals surface area contributed by atoms with Crippen molar-refractivity contribution < 1.29 is 61.2 Å². The van der Waals surface area contributed by atoms with Crippen LogP contribution in [0.25, 0.3) is 0 Å². The average molecular weight is 417 g/mol. The van der Waals surface area contributed by atoms with E-state index >= 15 is 0 Å². The summed E-state index contributed by atoms with van der Waals surface area (Å²) in [6, 6.07) is 0. The number of hydrogen-bond acceptors (Lipinski definition) is 12. The predicted molar refractivity (Wildman–Crippen MR) is 91.9 cm³/mol. The monoisotopic (exact) mass is 417 g/mol. The van der Waals surface area contributed by atoms with Gasteiger partial charge in [0.2, 0.25) is 0 Å². The Morgan fingerprint density at radius 3 is 1.25 bits per heavy atom. The van der Waals surface area contributed by atoms with E-state index in [9.17, 15) is 30.6 Å². The van der Waals surface area contributed by atoms with E-state index in [1.165, 1.54) is 0 Å². The first kappa shape index (κ1) is 25.6. The van der Waals surface area contributed by atoms with E-state index in [4.69, 9.17) is 29.2 Å². The fraction of sp³-hybridized carbons (Fsp3) is 1.00. The molecule has 12 nitrogen and oxygen atoms in total. The predicted octanol–water partition coefficient (Wildman–Crippen LogP) is -4.24. The van der Waals surface area contributed by atoms with Crippen LogP contribution in [0.15, 0.2) is 0 Å². The van der Waals surface area contributed by atoms with Crippen LogP contribution >= 0.6 is 0 Å². The highest BCUT2D eigenvalue weighted by Crippen LogP contribution is 2.27. The number of aliphatic hydroxyl groups is 8. The van der Waals surface area contributed by atoms with Crippen LogP contribution in [0.5, 0.6) is 0 Å². The molecule has 0 radical (unpaired) electrons. The third-order valence-electron chi connectivity index (χ3n) is 4.37. The van der Waals surface area contributed by atoms with Crippen LogP contribution in [0.2, 0.25) is 0 Å². The van der Waals surface area contributed by atoms with Crippen LogP contribution in [0.3, 0.4) is 0 Å². The van der Waals surface area contributed by atoms with E-state index in [2.05, 4.69) is 0 Å². The zero-order chi connectivity index (χ0) is 21.4. The first-order valence-corrected chi connectivity index (χ1v) is 9.07. The number of rotatable bonds is 6. The van der Waals surface area contributed by atoms with Crippen LogP contribution in [-0.4, -0.2) is 129 Å². The Labute approximate surface area is 164 Å². The molecular weight excluding hydrogens is 384 g/mol. The standard InChI is InChI=1S/C12H22O11.C4H10O/c13-1-3-5(15)7(17)9(19)11(21-3)23-12-10(20)8(18)6(16)4(2-14)22-12;1-3-5-4-2/h3-20H,1-2H2;3-4H2,1-2H3/p+1/t3-,4-,5-,6-,7+,8+,9-,10-,11-,12-;/m1./s1. The Bertz CT molecular complexity index is 393. The van der Waals surface area contributed by atoms with Gasteiger partial charge in [-0.15, -0.1) is 0 Å². The summed E-state index contributed by atoms with van der Waals surface area (Å²) < 4.78 is 20.1. The minimum Gasteiger partial charge on any atom is -0.394 e. The fourth-order valence-electron chi connectivity index (χ4n) is 2.70. The molecule has 0 aromatic heterocycles. The van der Waals surface area contributed by atoms with E-state index in [0.717, 1.165) is 13.2 Å². The Morgan fingerprint density at radius 2 is 1.00 bits per heavy atom. The highest BCUT2D eigenvalue weighted by atomic mass is 16.8. The van der Waals surface area contributed by atoms with Crippen LogP contribution in [0, 0.1) is 0 Å². The zero-order valence-corrected chi connectivity index (χ0v) is 15.8. The molecule has 2 saturated heterocycles. The number of ether oxygens (including phenoxy) is 4. The minimum atomic E-state index is -1.72. The SMILES string of the molecule is CCOCC.OC[C@H]1O[C@H](O[C@H]2O[C@H](CO)[C@@H](O)[C@H](O)[C@H]2O)[C@H](O)[C@@H](O)[C@@H]1O.[H+]. The molecule has 0 amide bonds. The lowest BCUT2D eigenvalue weighted by Crippen LogP contribution is -2.63. The summed E-state index contributed by atoms with van der Waals surface area (Å²) in [6.45, 7) is 4.33. The van der Waals surface area contributed by atoms with E-state index in [1.807, 2.05) is 13.8 Å². The number of hydrogen-bond donors (Lipinski definition) is 8. The van der Waals surface area contributed by atoms with E-state index in [1.54, 1.807) is 0 Å². The molecule has 12 heteroatoms. The smallest absolute Gasteiger partial charge is 0.394 e. The second-order valence-corrected chi connectivity index (χ2v) is 6.31. The normalized spacial score (nSPS) is 43.9. The second-order valence-electron chi connectivity index (χ2n) is 6.31. The van der Waals surface area contributed by atoms with Crippen molar-refractivity contribution in [2.45, 2.75) is 75.3 Å². The Morgan fingerprint density at radius 1 is 0.643 bits per heavy atom. The maximum Gasteiger partial charge on any atom is 1.00 e. The molecule has 2 heterocycles. The van der Waals surface area contributed by atoms with Gasteiger partial charge in [0.1, 0.15) is 48.8 Å². The summed E-state index contributed by atoms with van der Waals surface area (Å²) in [7, 11) is 0. The van der Waals surface area contributed by atoms with Crippen molar-refractivity contribution in [2.75, 3.05) is 26.4 Å². The molecule has 168 valence electrons. The molecule has 0 bridgehead atoms. The van der Waals surface area contributed by atoms with Crippen molar-refractivity contribution in [2.24, 2.45) is 0 Å². The summed E-state index contributed by atoms with van der Waals surface area (Å²) in [5.74, 6) is 0. The van der Waals surface area contributed by atoms with E-state index in [0.29, 0.717) is 0 Å². The molecule has 2 aliphatic rings. The molecule has 0 aromatic rings. The van der Waals surface area contributed by atoms with Gasteiger partial charge in [0.15, 0.2) is 12.6 Å². The van der Waals surface area contributed by atoms with Crippen LogP contribution in [-0.2, 0) is 18.9 Å². The Kier molecular flexibility index (Phi) is 11.2. The lowest BCUT2D eigenvalue weighted by Gasteiger charge is -2.44. The van der Waals surface area contributed by atoms with E-state index < -0.39 is 74.6 Å². The van der Waals surface area contributed by atoms with Gasteiger partial charge in [-0.05, 0) is 13.8 Å². The molecule has 8 N–H and O–H groups in total. The first-order valence-electron chi connectivity index (χ1n) is 9.07. The van der Waals surface area contributed by atoms with Gasteiger partial charge in [-0.25, -0.2) is 0 Å². The lowest BCUT2D eigenvalue weighted by atomic mass is 9.98. The highest BCUT2D eigenvalue weighted by molar-refractivity contribution is 4.92. The zero-order valence-electron chi connectivity index (χ0n) is 16.8. The van der Waals surface area contributed by atoms with Gasteiger partial charge >= 0.3 is 1.43 Å². The third-order valence-corrected chi connectivity index (χ3v) is 4.37. The van der Waals surface area contributed by atoms with Crippen molar-refractivity contribution in [1.82, 2.24) is 0 Å². The van der Waals surface area contributed by atoms with Gasteiger partial charge in [-0.1, -0.05) is 0 Å². The molecule has 0 aliphatic carbocycles. The molecule has 0 aromatic carbocycles. The summed E-state index contributed by atoms with van der Waals surface area (Å²) in [5.41, 5.74) is 0. The molecule has 2 aliphatic heterocycles. The van der Waals surface area contributed by atoms with Gasteiger partial charge in [0.05, 0.1) is 13.2 Å². The molecule has 2 fully saturated rings. The van der Waals surface area contributed by atoms with Crippen molar-refractivity contribution in [1.29, 1.82) is 0 Å². The molecule has 2 rings (SSSR count). The Hall–Kier alpha value is -0.480. The molecule has 28 heavy (non-hydrogen) atoms. The third kappa shape index (κ3) is 6.26. The van der Waals surface area contributed by atoms with E-state index in [-0.39, 0.29) is 1.43 Å². The maximum atomic E-state index is 9.84. The van der Waals surface area contributed by atoms with Gasteiger partial charge < -0.3 is 59.8 Å². The van der Waals surface area contributed by atoms with Gasteiger partial charge in [0, 0.05) is 13.2 Å². The van der Waals surface area contributed by atoms with Crippen molar-refractivity contribution in [3.05, 3.63) is 0 Å². The van der Waals surface area contributed by atoms with Gasteiger partial charge in [0.25, 0.3) is 0 Å². The summed E-state index contributed by atoms with van der Waals surface area (Å²) in [5, 5.41) is 76.4. The van der Waals surface area contributed by atoms with Crippen molar-refractivity contribution >= 4 is 0 Å². The molecule has 0 unspecified atom stereocenters. The van der Waals surface area contributed by atoms with Gasteiger partial charge in [-0.3, -0.25) is 0 Å². The quantitative estimate of drug-likeness (QED) is 0.207. The van der Waals surface area contributed by atoms with Crippen molar-refractivity contribution in [3.63, 3.8) is 0 Å². The van der Waals surface area contributed by atoms with Crippen LogP contribution in [0.4, 0.5) is 0 Å². The Balaban J connectivity index is 0.00000117. The summed E-state index contributed by atoms with van der Waals surface area (Å²) >= 11 is 0. The molecule has 0 spiro atoms. The lowest BCUT2D eigenvalue weighted by molar-refractivity contribution is -0.376. The molecule has 0 saturated carbocycles. The highest BCUT2D eigenvalue weighted by Gasteiger charge is 2.49. The first-order chi connectivity index (χ1) is 13.2. The largest absolute Gasteiger partial charge is 1.00 e. The molecule has 10 atom stereocenters. The summed E-state index contributed by atoms with van der Waals surface area (Å²) in [6.07, 6.45) is -15.6. The van der Waals surface area contributed by atoms with Gasteiger partial charge in [-0.2, -0.15) is 0 Å². The van der Waals surface area contributed by atoms with Crippen LogP contribution < -0.4 is 0 Å². The second kappa shape index (κ2) is 12.3. The maximum absolute atomic E-state index is 9.84. The number of aliphatic hydroxyl groups excluding tert-OH is 8. The van der Waals surface area contributed by atoms with Crippen molar-refractivity contribution in [3.8, 4) is 0 Å². The van der Waals surface area contributed by atoms with Crippen LogP contribution in [0.1, 0.15) is 15.3 Å². The molecular formula is C16H33O12+. The topological polar surface area (TPSA) is 199 Å².